The van der Waals surface area contributed by atoms with E-state index in [1.807, 2.05) is 66.7 Å². The molecule has 2 heterocycles. The maximum Gasteiger partial charge on any atom is 0.236 e. The zero-order valence-electron chi connectivity index (χ0n) is 21.1. The quantitative estimate of drug-likeness (QED) is 0.309. The Morgan fingerprint density at radius 2 is 1.73 bits per heavy atom. The van der Waals surface area contributed by atoms with Gasteiger partial charge < -0.3 is 14.4 Å². The number of aliphatic hydroxyl groups is 1. The van der Waals surface area contributed by atoms with E-state index in [0.29, 0.717) is 28.8 Å². The van der Waals surface area contributed by atoms with Crippen LogP contribution in [0.2, 0.25) is 0 Å². The Morgan fingerprint density at radius 1 is 1.03 bits per heavy atom. The molecule has 0 amide bonds. The first-order chi connectivity index (χ1) is 18.1. The van der Waals surface area contributed by atoms with Gasteiger partial charge in [-0.1, -0.05) is 80.1 Å². The van der Waals surface area contributed by atoms with E-state index in [1.165, 1.54) is 17.4 Å². The van der Waals surface area contributed by atoms with Crippen LogP contribution in [0.15, 0.2) is 100 Å². The third-order valence-corrected chi connectivity index (χ3v) is 8.68. The summed E-state index contributed by atoms with van der Waals surface area (Å²) in [5.74, 6) is 1.48. The lowest BCUT2D eigenvalue weighted by atomic mass is 9.86. The van der Waals surface area contributed by atoms with Crippen LogP contribution >= 0.6 is 11.8 Å². The van der Waals surface area contributed by atoms with Crippen LogP contribution in [0.4, 0.5) is 4.39 Å². The number of hydrogen-bond donors (Lipinski definition) is 2. The second-order valence-corrected chi connectivity index (χ2v) is 11.2. The van der Waals surface area contributed by atoms with Gasteiger partial charge in [-0.25, -0.2) is 9.37 Å². The van der Waals surface area contributed by atoms with Crippen molar-refractivity contribution in [2.45, 2.75) is 48.5 Å². The van der Waals surface area contributed by atoms with Gasteiger partial charge in [-0.3, -0.25) is 0 Å². The third kappa shape index (κ3) is 5.82. The van der Waals surface area contributed by atoms with Crippen molar-refractivity contribution < 1.29 is 18.8 Å². The topological polar surface area (TPSA) is 50.7 Å². The number of piperidine rings is 1. The summed E-state index contributed by atoms with van der Waals surface area (Å²) in [7, 11) is 0. The monoisotopic (exact) mass is 517 g/mol. The Kier molecular flexibility index (Phi) is 8.08. The Bertz CT molecular complexity index is 1240. The van der Waals surface area contributed by atoms with E-state index < -0.39 is 5.60 Å². The van der Waals surface area contributed by atoms with Gasteiger partial charge in [0, 0.05) is 11.3 Å². The van der Waals surface area contributed by atoms with Crippen molar-refractivity contribution in [1.82, 2.24) is 4.98 Å². The highest BCUT2D eigenvalue weighted by molar-refractivity contribution is 8.00. The molecule has 1 saturated heterocycles. The first-order valence-electron chi connectivity index (χ1n) is 13.1. The SMILES string of the molecule is CCCC1CC[NH+](Cc2cnc(C(O)(c3ccccc3)c3ccccc3)o2)C[C@@H]1Sc1cccc(F)c1. The molecule has 0 saturated carbocycles. The van der Waals surface area contributed by atoms with Crippen LogP contribution in [0.1, 0.15) is 49.0 Å². The molecule has 37 heavy (non-hydrogen) atoms. The highest BCUT2D eigenvalue weighted by Crippen LogP contribution is 2.36. The molecular formula is C31H34FN2O2S+. The number of nitrogens with one attached hydrogen (secondary N) is 1. The molecule has 0 radical (unpaired) electrons. The number of benzene rings is 3. The fourth-order valence-electron chi connectivity index (χ4n) is 5.42. The summed E-state index contributed by atoms with van der Waals surface area (Å²) in [5.41, 5.74) is -0.0391. The van der Waals surface area contributed by atoms with Gasteiger partial charge in [-0.2, -0.15) is 0 Å². The highest BCUT2D eigenvalue weighted by atomic mass is 32.2. The number of rotatable bonds is 9. The zero-order valence-corrected chi connectivity index (χ0v) is 22.0. The van der Waals surface area contributed by atoms with Gasteiger partial charge in [0.1, 0.15) is 12.4 Å². The van der Waals surface area contributed by atoms with Crippen molar-refractivity contribution in [1.29, 1.82) is 0 Å². The molecule has 0 bridgehead atoms. The highest BCUT2D eigenvalue weighted by Gasteiger charge is 2.39. The fraction of sp³-hybridized carbons (Fsp3) is 0.323. The fourth-order valence-corrected chi connectivity index (χ4v) is 6.89. The van der Waals surface area contributed by atoms with Crippen LogP contribution < -0.4 is 4.90 Å². The molecule has 1 aromatic heterocycles. The molecule has 6 heteroatoms. The molecule has 3 aromatic carbocycles. The maximum absolute atomic E-state index is 13.8. The summed E-state index contributed by atoms with van der Waals surface area (Å²) in [4.78, 5) is 6.98. The lowest BCUT2D eigenvalue weighted by molar-refractivity contribution is -0.919. The first kappa shape index (κ1) is 25.7. The van der Waals surface area contributed by atoms with Crippen LogP contribution in [0, 0.1) is 11.7 Å². The van der Waals surface area contributed by atoms with Gasteiger partial charge >= 0.3 is 0 Å². The van der Waals surface area contributed by atoms with Crippen molar-refractivity contribution in [3.8, 4) is 0 Å². The van der Waals surface area contributed by atoms with Crippen LogP contribution in [0.3, 0.4) is 0 Å². The van der Waals surface area contributed by atoms with Crippen LogP contribution in [0.5, 0.6) is 0 Å². The normalized spacial score (nSPS) is 20.1. The summed E-state index contributed by atoms with van der Waals surface area (Å²) in [5, 5.41) is 12.4. The lowest BCUT2D eigenvalue weighted by Gasteiger charge is -2.35. The number of nitrogens with zero attached hydrogens (tertiary/aromatic N) is 1. The Labute approximate surface area is 222 Å². The molecule has 2 N–H and O–H groups in total. The number of hydrogen-bond acceptors (Lipinski definition) is 4. The second kappa shape index (κ2) is 11.6. The van der Waals surface area contributed by atoms with E-state index in [1.54, 1.807) is 30.1 Å². The van der Waals surface area contributed by atoms with Crippen molar-refractivity contribution in [3.05, 3.63) is 120 Å². The number of likely N-dealkylation sites (tertiary alicyclic amines) is 1. The minimum absolute atomic E-state index is 0.185. The number of thioether (sulfide) groups is 1. The molecule has 1 aliphatic rings. The smallest absolute Gasteiger partial charge is 0.236 e. The first-order valence-corrected chi connectivity index (χ1v) is 14.0. The maximum atomic E-state index is 13.8. The molecule has 5 rings (SSSR count). The average molecular weight is 518 g/mol. The number of oxazole rings is 1. The Balaban J connectivity index is 1.35. The predicted octanol–water partition coefficient (Wildman–Crippen LogP) is 5.46. The van der Waals surface area contributed by atoms with E-state index in [0.717, 1.165) is 36.6 Å². The summed E-state index contributed by atoms with van der Waals surface area (Å²) in [6.45, 7) is 4.97. The molecule has 1 aliphatic heterocycles. The van der Waals surface area contributed by atoms with Gasteiger partial charge in [0.05, 0.1) is 24.5 Å². The molecular weight excluding hydrogens is 483 g/mol. The second-order valence-electron chi connectivity index (χ2n) is 9.91. The third-order valence-electron chi connectivity index (χ3n) is 7.30. The molecule has 0 aliphatic carbocycles. The van der Waals surface area contributed by atoms with Crippen molar-refractivity contribution in [3.63, 3.8) is 0 Å². The van der Waals surface area contributed by atoms with E-state index in [4.69, 9.17) is 4.42 Å². The van der Waals surface area contributed by atoms with Gasteiger partial charge in [0.25, 0.3) is 0 Å². The number of aromatic nitrogens is 1. The molecule has 3 atom stereocenters. The minimum Gasteiger partial charge on any atom is -0.436 e. The van der Waals surface area contributed by atoms with Crippen LogP contribution in [0.25, 0.3) is 0 Å². The Morgan fingerprint density at radius 3 is 2.38 bits per heavy atom. The molecule has 0 spiro atoms. The van der Waals surface area contributed by atoms with Crippen LogP contribution in [-0.4, -0.2) is 28.4 Å². The van der Waals surface area contributed by atoms with Gasteiger partial charge in [-0.15, -0.1) is 11.8 Å². The summed E-state index contributed by atoms with van der Waals surface area (Å²) < 4.78 is 20.1. The number of halogens is 1. The summed E-state index contributed by atoms with van der Waals surface area (Å²) >= 11 is 1.80. The zero-order chi connectivity index (χ0) is 25.7. The van der Waals surface area contributed by atoms with E-state index in [9.17, 15) is 9.50 Å². The molecule has 192 valence electrons. The Hall–Kier alpha value is -2.93. The largest absolute Gasteiger partial charge is 0.436 e. The number of quaternary nitrogens is 1. The summed E-state index contributed by atoms with van der Waals surface area (Å²) in [6, 6.07) is 26.0. The van der Waals surface area contributed by atoms with Gasteiger partial charge in [0.2, 0.25) is 5.89 Å². The van der Waals surface area contributed by atoms with Gasteiger partial charge in [-0.05, 0) is 41.7 Å². The molecule has 1 fully saturated rings. The van der Waals surface area contributed by atoms with Crippen molar-refractivity contribution in [2.24, 2.45) is 5.92 Å². The lowest BCUT2D eigenvalue weighted by Crippen LogP contribution is -3.13. The van der Waals surface area contributed by atoms with E-state index in [2.05, 4.69) is 11.9 Å². The molecule has 2 unspecified atom stereocenters. The summed E-state index contributed by atoms with van der Waals surface area (Å²) in [6.07, 6.45) is 5.23. The van der Waals surface area contributed by atoms with E-state index >= 15 is 0 Å². The average Bonchev–Trinajstić information content (AvgIpc) is 3.40. The predicted molar refractivity (Wildman–Crippen MR) is 145 cm³/mol. The standard InChI is InChI=1S/C31H33FN2O2S/c1-2-10-23-17-18-34(22-29(23)37-28-16-9-15-26(32)19-28)21-27-20-33-30(36-27)31(35,24-11-5-3-6-12-24)25-13-7-4-8-14-25/h3-9,11-16,19-20,23,29,35H,2,10,17-18,21-22H2,1H3/p+1/t23?,29-/m0/s1. The molecule has 4 nitrogen and oxygen atoms in total. The minimum atomic E-state index is -1.47. The van der Waals surface area contributed by atoms with Crippen molar-refractivity contribution in [2.75, 3.05) is 13.1 Å². The van der Waals surface area contributed by atoms with Crippen LogP contribution in [-0.2, 0) is 12.1 Å². The van der Waals surface area contributed by atoms with Gasteiger partial charge in [0.15, 0.2) is 11.4 Å². The van der Waals surface area contributed by atoms with Crippen molar-refractivity contribution >= 4 is 11.8 Å². The molecule has 4 aromatic rings. The van der Waals surface area contributed by atoms with E-state index in [-0.39, 0.29) is 11.7 Å².